The Bertz CT molecular complexity index is 974. The maximum atomic E-state index is 13.1. The predicted octanol–water partition coefficient (Wildman–Crippen LogP) is 4.31. The molecule has 0 atom stereocenters. The van der Waals surface area contributed by atoms with Crippen LogP contribution >= 0.6 is 11.3 Å². The minimum Gasteiger partial charge on any atom is -0.495 e. The van der Waals surface area contributed by atoms with Gasteiger partial charge in [-0.3, -0.25) is 9.69 Å². The van der Waals surface area contributed by atoms with E-state index < -0.39 is 0 Å². The number of fused-ring (bicyclic) bond motifs is 1. The van der Waals surface area contributed by atoms with Crippen molar-refractivity contribution in [3.63, 3.8) is 0 Å². The van der Waals surface area contributed by atoms with E-state index in [2.05, 4.69) is 4.90 Å². The molecule has 3 aromatic rings. The molecule has 7 heteroatoms. The highest BCUT2D eigenvalue weighted by Crippen LogP contribution is 2.40. The molecule has 0 aliphatic heterocycles. The number of benzene rings is 2. The summed E-state index contributed by atoms with van der Waals surface area (Å²) < 4.78 is 11.8. The van der Waals surface area contributed by atoms with Crippen LogP contribution < -0.4 is 14.4 Å². The number of amides is 1. The molecule has 158 valence electrons. The molecule has 0 saturated heterocycles. The van der Waals surface area contributed by atoms with E-state index in [-0.39, 0.29) is 5.91 Å². The Labute approximate surface area is 181 Å². The Morgan fingerprint density at radius 1 is 1.03 bits per heavy atom. The summed E-state index contributed by atoms with van der Waals surface area (Å²) >= 11 is 1.44. The molecule has 0 aliphatic carbocycles. The van der Waals surface area contributed by atoms with Gasteiger partial charge in [-0.15, -0.1) is 0 Å². The van der Waals surface area contributed by atoms with Crippen LogP contribution in [0.4, 0.5) is 5.13 Å². The number of carbonyl (C=O) groups excluding carboxylic acids is 1. The second-order valence-corrected chi connectivity index (χ2v) is 8.01. The van der Waals surface area contributed by atoms with E-state index in [1.165, 1.54) is 11.3 Å². The van der Waals surface area contributed by atoms with Crippen molar-refractivity contribution in [1.29, 1.82) is 0 Å². The third kappa shape index (κ3) is 5.17. The van der Waals surface area contributed by atoms with Gasteiger partial charge in [0.15, 0.2) is 5.13 Å². The summed E-state index contributed by atoms with van der Waals surface area (Å²) in [4.78, 5) is 21.7. The Balaban J connectivity index is 1.95. The first-order valence-electron chi connectivity index (χ1n) is 9.74. The number of anilines is 1. The third-order valence-corrected chi connectivity index (χ3v) is 5.69. The molecule has 0 unspecified atom stereocenters. The highest BCUT2D eigenvalue weighted by molar-refractivity contribution is 7.22. The molecule has 0 radical (unpaired) electrons. The van der Waals surface area contributed by atoms with Crippen LogP contribution in [0.25, 0.3) is 16.3 Å². The monoisotopic (exact) mass is 425 g/mol. The van der Waals surface area contributed by atoms with Crippen molar-refractivity contribution in [2.24, 2.45) is 0 Å². The SMILES string of the molecule is COc1ccc(OC)c2sc(N(CCCN(C)C)C(=O)C=Cc3ccccc3)nc12. The lowest BCUT2D eigenvalue weighted by Crippen LogP contribution is -2.32. The number of methoxy groups -OCH3 is 2. The fraction of sp³-hybridized carbons (Fsp3) is 0.304. The van der Waals surface area contributed by atoms with Crippen molar-refractivity contribution < 1.29 is 14.3 Å². The van der Waals surface area contributed by atoms with E-state index in [1.54, 1.807) is 25.2 Å². The van der Waals surface area contributed by atoms with Crippen LogP contribution in [0.1, 0.15) is 12.0 Å². The van der Waals surface area contributed by atoms with Gasteiger partial charge < -0.3 is 14.4 Å². The molecular weight excluding hydrogens is 398 g/mol. The highest BCUT2D eigenvalue weighted by atomic mass is 32.1. The number of hydrogen-bond acceptors (Lipinski definition) is 6. The van der Waals surface area contributed by atoms with E-state index >= 15 is 0 Å². The van der Waals surface area contributed by atoms with Crippen molar-refractivity contribution in [2.45, 2.75) is 6.42 Å². The number of thiazole rings is 1. The lowest BCUT2D eigenvalue weighted by molar-refractivity contribution is -0.114. The lowest BCUT2D eigenvalue weighted by atomic mass is 10.2. The van der Waals surface area contributed by atoms with Gasteiger partial charge in [0.2, 0.25) is 0 Å². The van der Waals surface area contributed by atoms with Crippen molar-refractivity contribution >= 4 is 38.7 Å². The van der Waals surface area contributed by atoms with Gasteiger partial charge >= 0.3 is 0 Å². The number of nitrogens with zero attached hydrogens (tertiary/aromatic N) is 3. The molecule has 0 bridgehead atoms. The van der Waals surface area contributed by atoms with Crippen molar-refractivity contribution in [2.75, 3.05) is 46.3 Å². The van der Waals surface area contributed by atoms with Crippen LogP contribution in [0.3, 0.4) is 0 Å². The van der Waals surface area contributed by atoms with Crippen LogP contribution in [0.15, 0.2) is 48.5 Å². The minimum absolute atomic E-state index is 0.102. The molecule has 2 aromatic carbocycles. The number of rotatable bonds is 9. The van der Waals surface area contributed by atoms with Crippen LogP contribution in [-0.4, -0.2) is 57.2 Å². The summed E-state index contributed by atoms with van der Waals surface area (Å²) in [6.07, 6.45) is 4.27. The van der Waals surface area contributed by atoms with Crippen molar-refractivity contribution in [1.82, 2.24) is 9.88 Å². The summed E-state index contributed by atoms with van der Waals surface area (Å²) in [7, 11) is 7.29. The fourth-order valence-electron chi connectivity index (χ4n) is 3.06. The Kier molecular flexibility index (Phi) is 7.43. The molecule has 1 amide bonds. The van der Waals surface area contributed by atoms with E-state index in [0.29, 0.717) is 22.9 Å². The molecule has 3 rings (SSSR count). The smallest absolute Gasteiger partial charge is 0.252 e. The molecule has 1 aromatic heterocycles. The van der Waals surface area contributed by atoms with E-state index in [0.717, 1.165) is 29.0 Å². The quantitative estimate of drug-likeness (QED) is 0.478. The topological polar surface area (TPSA) is 54.9 Å². The molecule has 0 aliphatic rings. The molecule has 0 saturated carbocycles. The Morgan fingerprint density at radius 2 is 1.73 bits per heavy atom. The average molecular weight is 426 g/mol. The summed E-state index contributed by atoms with van der Waals surface area (Å²) in [6.45, 7) is 1.45. The van der Waals surface area contributed by atoms with Gasteiger partial charge in [0, 0.05) is 12.6 Å². The molecule has 0 spiro atoms. The molecule has 0 fully saturated rings. The Morgan fingerprint density at radius 3 is 2.40 bits per heavy atom. The largest absolute Gasteiger partial charge is 0.495 e. The minimum atomic E-state index is -0.102. The number of ether oxygens (including phenoxy) is 2. The third-order valence-electron chi connectivity index (χ3n) is 4.60. The van der Waals surface area contributed by atoms with E-state index in [1.807, 2.05) is 62.6 Å². The summed E-state index contributed by atoms with van der Waals surface area (Å²) in [5.41, 5.74) is 1.68. The van der Waals surface area contributed by atoms with E-state index in [9.17, 15) is 4.79 Å². The first-order chi connectivity index (χ1) is 14.5. The van der Waals surface area contributed by atoms with Crippen molar-refractivity contribution in [3.05, 3.63) is 54.1 Å². The lowest BCUT2D eigenvalue weighted by Gasteiger charge is -2.19. The van der Waals surface area contributed by atoms with Crippen LogP contribution in [0.5, 0.6) is 11.5 Å². The summed E-state index contributed by atoms with van der Waals surface area (Å²) in [6, 6.07) is 13.5. The molecule has 6 nitrogen and oxygen atoms in total. The molecule has 1 heterocycles. The number of aromatic nitrogens is 1. The highest BCUT2D eigenvalue weighted by Gasteiger charge is 2.21. The van der Waals surface area contributed by atoms with Crippen LogP contribution in [0, 0.1) is 0 Å². The number of hydrogen-bond donors (Lipinski definition) is 0. The second-order valence-electron chi connectivity index (χ2n) is 7.03. The standard InChI is InChI=1S/C23H27N3O3S/c1-25(2)15-8-16-26(20(27)14-11-17-9-6-5-7-10-17)23-24-21-18(28-3)12-13-19(29-4)22(21)30-23/h5-7,9-14H,8,15-16H2,1-4H3. The fourth-order valence-corrected chi connectivity index (χ4v) is 4.16. The zero-order chi connectivity index (χ0) is 21.5. The first kappa shape index (κ1) is 21.8. The Hall–Kier alpha value is -2.90. The van der Waals surface area contributed by atoms with Gasteiger partial charge in [-0.25, -0.2) is 4.98 Å². The first-order valence-corrected chi connectivity index (χ1v) is 10.6. The zero-order valence-corrected chi connectivity index (χ0v) is 18.6. The van der Waals surface area contributed by atoms with Gasteiger partial charge in [-0.1, -0.05) is 41.7 Å². The van der Waals surface area contributed by atoms with Gasteiger partial charge in [0.25, 0.3) is 5.91 Å². The van der Waals surface area contributed by atoms with Gasteiger partial charge in [0.1, 0.15) is 21.7 Å². The van der Waals surface area contributed by atoms with Crippen molar-refractivity contribution in [3.8, 4) is 11.5 Å². The molecule has 30 heavy (non-hydrogen) atoms. The van der Waals surface area contributed by atoms with E-state index in [4.69, 9.17) is 14.5 Å². The predicted molar refractivity (Wildman–Crippen MR) is 124 cm³/mol. The maximum absolute atomic E-state index is 13.1. The number of carbonyl (C=O) groups is 1. The normalized spacial score (nSPS) is 11.4. The molecule has 0 N–H and O–H groups in total. The van der Waals surface area contributed by atoms with Crippen LogP contribution in [0.2, 0.25) is 0 Å². The summed E-state index contributed by atoms with van der Waals surface area (Å²) in [5.74, 6) is 1.28. The van der Waals surface area contributed by atoms with Gasteiger partial charge in [-0.2, -0.15) is 0 Å². The maximum Gasteiger partial charge on any atom is 0.252 e. The van der Waals surface area contributed by atoms with Crippen LogP contribution in [-0.2, 0) is 4.79 Å². The van der Waals surface area contributed by atoms with Gasteiger partial charge in [0.05, 0.1) is 14.2 Å². The second kappa shape index (κ2) is 10.2. The molecular formula is C23H27N3O3S. The average Bonchev–Trinajstić information content (AvgIpc) is 3.20. The zero-order valence-electron chi connectivity index (χ0n) is 17.8. The summed E-state index contributed by atoms with van der Waals surface area (Å²) in [5, 5.41) is 0.634. The van der Waals surface area contributed by atoms with Gasteiger partial charge in [-0.05, 0) is 50.8 Å².